The molecule has 6 heteroatoms. The van der Waals surface area contributed by atoms with Gasteiger partial charge in [-0.25, -0.2) is 8.42 Å². The van der Waals surface area contributed by atoms with E-state index in [2.05, 4.69) is 4.98 Å². The van der Waals surface area contributed by atoms with E-state index >= 15 is 0 Å². The maximum atomic E-state index is 11.9. The van der Waals surface area contributed by atoms with Crippen LogP contribution in [-0.4, -0.2) is 30.5 Å². The topological polar surface area (TPSA) is 74.1 Å². The molecular weight excluding hydrogens is 238 g/mol. The molecule has 0 N–H and O–H groups in total. The summed E-state index contributed by atoms with van der Waals surface area (Å²) in [6.45, 7) is 1.79. The van der Waals surface area contributed by atoms with Crippen molar-refractivity contribution in [3.05, 3.63) is 30.1 Å². The highest BCUT2D eigenvalue weighted by atomic mass is 32.2. The van der Waals surface area contributed by atoms with Crippen molar-refractivity contribution < 1.29 is 8.42 Å². The molecule has 0 amide bonds. The lowest BCUT2D eigenvalue weighted by molar-refractivity contribution is 0.431. The van der Waals surface area contributed by atoms with Crippen molar-refractivity contribution in [3.8, 4) is 6.07 Å². The van der Waals surface area contributed by atoms with Crippen LogP contribution in [-0.2, 0) is 10.0 Å². The number of sulfonamides is 1. The first-order valence-corrected chi connectivity index (χ1v) is 6.89. The number of pyridine rings is 1. The highest BCUT2D eigenvalue weighted by Gasteiger charge is 2.26. The number of nitrogens with zero attached hydrogens (tertiary/aromatic N) is 3. The molecule has 0 aromatic carbocycles. The van der Waals surface area contributed by atoms with E-state index in [-0.39, 0.29) is 5.75 Å². The van der Waals surface area contributed by atoms with Gasteiger partial charge < -0.3 is 0 Å². The SMILES string of the molecule is CCCS(=O)(=O)N(C)C(C#N)c1cccnc1. The van der Waals surface area contributed by atoms with Crippen molar-refractivity contribution in [2.45, 2.75) is 19.4 Å². The lowest BCUT2D eigenvalue weighted by Gasteiger charge is -2.21. The molecule has 0 fully saturated rings. The number of hydrogen-bond donors (Lipinski definition) is 0. The summed E-state index contributed by atoms with van der Waals surface area (Å²) in [7, 11) is -1.96. The smallest absolute Gasteiger partial charge is 0.215 e. The zero-order valence-corrected chi connectivity index (χ0v) is 10.7. The summed E-state index contributed by atoms with van der Waals surface area (Å²) in [4.78, 5) is 3.89. The minimum Gasteiger partial charge on any atom is -0.264 e. The molecule has 1 rings (SSSR count). The van der Waals surface area contributed by atoms with Crippen LogP contribution in [0, 0.1) is 11.3 Å². The van der Waals surface area contributed by atoms with Crippen LogP contribution in [0.25, 0.3) is 0 Å². The summed E-state index contributed by atoms with van der Waals surface area (Å²) in [5.41, 5.74) is 0.581. The third-order valence-corrected chi connectivity index (χ3v) is 4.40. The summed E-state index contributed by atoms with van der Waals surface area (Å²) < 4.78 is 24.8. The zero-order chi connectivity index (χ0) is 12.9. The molecule has 1 aromatic heterocycles. The van der Waals surface area contributed by atoms with E-state index in [1.807, 2.05) is 6.07 Å². The van der Waals surface area contributed by atoms with Crippen molar-refractivity contribution >= 4 is 10.0 Å². The van der Waals surface area contributed by atoms with Crippen molar-refractivity contribution in [1.82, 2.24) is 9.29 Å². The zero-order valence-electron chi connectivity index (χ0n) is 9.87. The maximum Gasteiger partial charge on any atom is 0.215 e. The van der Waals surface area contributed by atoms with Gasteiger partial charge in [0.25, 0.3) is 0 Å². The molecule has 0 spiro atoms. The van der Waals surface area contributed by atoms with Crippen molar-refractivity contribution in [2.75, 3.05) is 12.8 Å². The fourth-order valence-corrected chi connectivity index (χ4v) is 2.76. The predicted octanol–water partition coefficient (Wildman–Crippen LogP) is 1.32. The van der Waals surface area contributed by atoms with Crippen LogP contribution in [0.5, 0.6) is 0 Å². The maximum absolute atomic E-state index is 11.9. The van der Waals surface area contributed by atoms with E-state index in [9.17, 15) is 8.42 Å². The third kappa shape index (κ3) is 3.25. The Kier molecular flexibility index (Phi) is 4.61. The van der Waals surface area contributed by atoms with Crippen molar-refractivity contribution in [2.24, 2.45) is 0 Å². The molecule has 0 radical (unpaired) electrons. The summed E-state index contributed by atoms with van der Waals surface area (Å²) in [5.74, 6) is 0.0436. The first-order chi connectivity index (χ1) is 8.03. The molecule has 1 unspecified atom stereocenters. The van der Waals surface area contributed by atoms with E-state index in [4.69, 9.17) is 5.26 Å². The second-order valence-electron chi connectivity index (χ2n) is 3.65. The van der Waals surface area contributed by atoms with E-state index in [1.54, 1.807) is 25.3 Å². The van der Waals surface area contributed by atoms with Crippen molar-refractivity contribution in [3.63, 3.8) is 0 Å². The molecule has 0 aliphatic carbocycles. The van der Waals surface area contributed by atoms with Gasteiger partial charge in [-0.05, 0) is 12.5 Å². The minimum absolute atomic E-state index is 0.0436. The van der Waals surface area contributed by atoms with Gasteiger partial charge in [0.05, 0.1) is 11.8 Å². The average molecular weight is 253 g/mol. The predicted molar refractivity (Wildman–Crippen MR) is 64.4 cm³/mol. The second-order valence-corrected chi connectivity index (χ2v) is 5.80. The van der Waals surface area contributed by atoms with Gasteiger partial charge >= 0.3 is 0 Å². The molecule has 1 heterocycles. The number of rotatable bonds is 5. The Morgan fingerprint density at radius 3 is 2.76 bits per heavy atom. The molecule has 0 bridgehead atoms. The highest BCUT2D eigenvalue weighted by molar-refractivity contribution is 7.89. The van der Waals surface area contributed by atoms with Crippen molar-refractivity contribution in [1.29, 1.82) is 5.26 Å². The largest absolute Gasteiger partial charge is 0.264 e. The summed E-state index contributed by atoms with van der Waals surface area (Å²) in [5, 5.41) is 9.10. The van der Waals surface area contributed by atoms with E-state index < -0.39 is 16.1 Å². The van der Waals surface area contributed by atoms with Crippen LogP contribution < -0.4 is 0 Å². The Balaban J connectivity index is 3.02. The fourth-order valence-electron chi connectivity index (χ4n) is 1.47. The number of nitriles is 1. The van der Waals surface area contributed by atoms with Crippen LogP contribution in [0.15, 0.2) is 24.5 Å². The monoisotopic (exact) mass is 253 g/mol. The Morgan fingerprint density at radius 2 is 2.29 bits per heavy atom. The second kappa shape index (κ2) is 5.75. The number of hydrogen-bond acceptors (Lipinski definition) is 4. The quantitative estimate of drug-likeness (QED) is 0.793. The minimum atomic E-state index is -3.39. The molecule has 92 valence electrons. The summed E-state index contributed by atoms with van der Waals surface area (Å²) >= 11 is 0. The molecule has 5 nitrogen and oxygen atoms in total. The Hall–Kier alpha value is -1.45. The molecule has 0 saturated carbocycles. The highest BCUT2D eigenvalue weighted by Crippen LogP contribution is 2.20. The Bertz CT molecular complexity index is 493. The lowest BCUT2D eigenvalue weighted by Crippen LogP contribution is -2.32. The first kappa shape index (κ1) is 13.6. The van der Waals surface area contributed by atoms with Gasteiger partial charge in [0, 0.05) is 25.0 Å². The Morgan fingerprint density at radius 1 is 1.59 bits per heavy atom. The van der Waals surface area contributed by atoms with Gasteiger partial charge in [0.15, 0.2) is 0 Å². The van der Waals surface area contributed by atoms with Crippen LogP contribution in [0.2, 0.25) is 0 Å². The lowest BCUT2D eigenvalue weighted by atomic mass is 10.1. The van der Waals surface area contributed by atoms with Gasteiger partial charge in [-0.15, -0.1) is 0 Å². The normalized spacial score (nSPS) is 13.3. The van der Waals surface area contributed by atoms with Gasteiger partial charge in [-0.1, -0.05) is 13.0 Å². The van der Waals surface area contributed by atoms with Crippen LogP contribution in [0.4, 0.5) is 0 Å². The fraction of sp³-hybridized carbons (Fsp3) is 0.455. The van der Waals surface area contributed by atoms with Gasteiger partial charge in [0.2, 0.25) is 10.0 Å². The molecule has 0 aliphatic rings. The van der Waals surface area contributed by atoms with Gasteiger partial charge in [-0.3, -0.25) is 4.98 Å². The number of aromatic nitrogens is 1. The molecule has 1 atom stereocenters. The average Bonchev–Trinajstić information content (AvgIpc) is 2.31. The standard InChI is InChI=1S/C11H15N3O2S/c1-3-7-17(15,16)14(2)11(8-12)10-5-4-6-13-9-10/h4-6,9,11H,3,7H2,1-2H3. The molecular formula is C11H15N3O2S. The first-order valence-electron chi connectivity index (χ1n) is 5.28. The molecule has 0 saturated heterocycles. The van der Waals surface area contributed by atoms with Gasteiger partial charge in [-0.2, -0.15) is 9.57 Å². The molecule has 1 aromatic rings. The van der Waals surface area contributed by atoms with Crippen LogP contribution in [0.3, 0.4) is 0 Å². The van der Waals surface area contributed by atoms with E-state index in [0.717, 1.165) is 4.31 Å². The van der Waals surface area contributed by atoms with E-state index in [1.165, 1.54) is 13.2 Å². The van der Waals surface area contributed by atoms with Crippen LogP contribution >= 0.6 is 0 Å². The Labute approximate surface area is 102 Å². The molecule has 0 aliphatic heterocycles. The summed E-state index contributed by atoms with van der Waals surface area (Å²) in [6, 6.07) is 4.54. The molecule has 17 heavy (non-hydrogen) atoms. The third-order valence-electron chi connectivity index (χ3n) is 2.39. The van der Waals surface area contributed by atoms with Gasteiger partial charge in [0.1, 0.15) is 6.04 Å². The van der Waals surface area contributed by atoms with Crippen LogP contribution in [0.1, 0.15) is 24.9 Å². The summed E-state index contributed by atoms with van der Waals surface area (Å²) in [6.07, 6.45) is 3.61. The van der Waals surface area contributed by atoms with E-state index in [0.29, 0.717) is 12.0 Å².